The molecule has 0 saturated carbocycles. The SMILES string of the molecule is O=C(Nc1ccc(F)cc1)N1CCNCC1COc1cccnc1. The van der Waals surface area contributed by atoms with Gasteiger partial charge in [-0.25, -0.2) is 9.18 Å². The Bertz CT molecular complexity index is 666. The number of piperazine rings is 1. The van der Waals surface area contributed by atoms with Crippen molar-refractivity contribution in [1.82, 2.24) is 15.2 Å². The lowest BCUT2D eigenvalue weighted by atomic mass is 10.2. The number of benzene rings is 1. The van der Waals surface area contributed by atoms with Crippen molar-refractivity contribution in [3.05, 3.63) is 54.6 Å². The summed E-state index contributed by atoms with van der Waals surface area (Å²) in [5, 5.41) is 6.05. The quantitative estimate of drug-likeness (QED) is 0.901. The number of hydrogen-bond acceptors (Lipinski definition) is 4. The molecule has 0 aliphatic carbocycles. The number of nitrogens with zero attached hydrogens (tertiary/aromatic N) is 2. The molecular formula is C17H19FN4O2. The maximum absolute atomic E-state index is 12.9. The lowest BCUT2D eigenvalue weighted by molar-refractivity contribution is 0.133. The Labute approximate surface area is 139 Å². The fourth-order valence-electron chi connectivity index (χ4n) is 2.53. The molecule has 0 bridgehead atoms. The Hall–Kier alpha value is -2.67. The van der Waals surface area contributed by atoms with Crippen LogP contribution in [0.15, 0.2) is 48.8 Å². The number of amides is 2. The van der Waals surface area contributed by atoms with E-state index in [4.69, 9.17) is 4.74 Å². The van der Waals surface area contributed by atoms with Gasteiger partial charge >= 0.3 is 6.03 Å². The summed E-state index contributed by atoms with van der Waals surface area (Å²) in [4.78, 5) is 18.2. The summed E-state index contributed by atoms with van der Waals surface area (Å²) >= 11 is 0. The monoisotopic (exact) mass is 330 g/mol. The van der Waals surface area contributed by atoms with Gasteiger partial charge in [0, 0.05) is 31.5 Å². The largest absolute Gasteiger partial charge is 0.490 e. The van der Waals surface area contributed by atoms with E-state index in [0.717, 1.165) is 6.54 Å². The van der Waals surface area contributed by atoms with Crippen LogP contribution in [0.2, 0.25) is 0 Å². The van der Waals surface area contributed by atoms with Crippen LogP contribution in [0, 0.1) is 5.82 Å². The zero-order chi connectivity index (χ0) is 16.8. The van der Waals surface area contributed by atoms with Gasteiger partial charge in [-0.05, 0) is 36.4 Å². The summed E-state index contributed by atoms with van der Waals surface area (Å²) in [5.74, 6) is 0.333. The zero-order valence-electron chi connectivity index (χ0n) is 13.1. The van der Waals surface area contributed by atoms with E-state index in [1.54, 1.807) is 23.4 Å². The standard InChI is InChI=1S/C17H19FN4O2/c18-13-3-5-14(6-4-13)21-17(23)22-9-8-20-10-15(22)12-24-16-2-1-7-19-11-16/h1-7,11,15,20H,8-10,12H2,(H,21,23). The van der Waals surface area contributed by atoms with Crippen LogP contribution in [-0.4, -0.2) is 48.2 Å². The first-order valence-corrected chi connectivity index (χ1v) is 7.79. The first-order valence-electron chi connectivity index (χ1n) is 7.79. The Kier molecular flexibility index (Phi) is 5.22. The number of nitrogens with one attached hydrogen (secondary N) is 2. The minimum atomic E-state index is -0.335. The summed E-state index contributed by atoms with van der Waals surface area (Å²) < 4.78 is 18.7. The van der Waals surface area contributed by atoms with Crippen molar-refractivity contribution < 1.29 is 13.9 Å². The molecule has 0 radical (unpaired) electrons. The highest BCUT2D eigenvalue weighted by atomic mass is 19.1. The molecule has 2 heterocycles. The number of hydrogen-bond donors (Lipinski definition) is 2. The Morgan fingerprint density at radius 1 is 1.38 bits per heavy atom. The molecule has 1 aliphatic heterocycles. The van der Waals surface area contributed by atoms with Crippen molar-refractivity contribution in [3.8, 4) is 5.75 Å². The number of rotatable bonds is 4. The maximum atomic E-state index is 12.9. The van der Waals surface area contributed by atoms with Gasteiger partial charge in [-0.1, -0.05) is 0 Å². The van der Waals surface area contributed by atoms with Gasteiger partial charge in [0.25, 0.3) is 0 Å². The van der Waals surface area contributed by atoms with Crippen LogP contribution in [0.25, 0.3) is 0 Å². The molecule has 1 atom stereocenters. The number of urea groups is 1. The molecule has 1 aliphatic rings. The van der Waals surface area contributed by atoms with Crippen molar-refractivity contribution in [1.29, 1.82) is 0 Å². The van der Waals surface area contributed by atoms with Crippen LogP contribution in [0.5, 0.6) is 5.75 Å². The highest BCUT2D eigenvalue weighted by Crippen LogP contribution is 2.13. The number of ether oxygens (including phenoxy) is 1. The lowest BCUT2D eigenvalue weighted by Crippen LogP contribution is -2.57. The third-order valence-electron chi connectivity index (χ3n) is 3.78. The van der Waals surface area contributed by atoms with Crippen molar-refractivity contribution in [2.45, 2.75) is 6.04 Å². The van der Waals surface area contributed by atoms with Gasteiger partial charge in [0.2, 0.25) is 0 Å². The third kappa shape index (κ3) is 4.20. The van der Waals surface area contributed by atoms with E-state index in [9.17, 15) is 9.18 Å². The van der Waals surface area contributed by atoms with E-state index < -0.39 is 0 Å². The minimum absolute atomic E-state index is 0.0978. The van der Waals surface area contributed by atoms with Crippen molar-refractivity contribution in [2.75, 3.05) is 31.6 Å². The molecule has 1 unspecified atom stereocenters. The molecule has 2 amide bonds. The van der Waals surface area contributed by atoms with Crippen LogP contribution in [0.1, 0.15) is 0 Å². The molecule has 7 heteroatoms. The van der Waals surface area contributed by atoms with Crippen LogP contribution in [0.3, 0.4) is 0 Å². The number of carbonyl (C=O) groups is 1. The Balaban J connectivity index is 1.60. The second-order valence-electron chi connectivity index (χ2n) is 5.49. The molecule has 2 N–H and O–H groups in total. The Morgan fingerprint density at radius 2 is 2.21 bits per heavy atom. The van der Waals surface area contributed by atoms with E-state index in [1.165, 1.54) is 24.3 Å². The fourth-order valence-corrected chi connectivity index (χ4v) is 2.53. The average molecular weight is 330 g/mol. The summed E-state index contributed by atoms with van der Waals surface area (Å²) in [6.07, 6.45) is 3.32. The maximum Gasteiger partial charge on any atom is 0.322 e. The predicted molar refractivity (Wildman–Crippen MR) is 88.5 cm³/mol. The number of anilines is 1. The van der Waals surface area contributed by atoms with Gasteiger partial charge in [0.1, 0.15) is 18.2 Å². The second kappa shape index (κ2) is 7.74. The molecule has 3 rings (SSSR count). The molecule has 0 spiro atoms. The van der Waals surface area contributed by atoms with Crippen LogP contribution in [0.4, 0.5) is 14.9 Å². The van der Waals surface area contributed by atoms with Crippen molar-refractivity contribution in [2.24, 2.45) is 0 Å². The zero-order valence-corrected chi connectivity index (χ0v) is 13.1. The van der Waals surface area contributed by atoms with Gasteiger partial charge in [0.05, 0.1) is 12.2 Å². The average Bonchev–Trinajstić information content (AvgIpc) is 2.63. The lowest BCUT2D eigenvalue weighted by Gasteiger charge is -2.35. The first kappa shape index (κ1) is 16.2. The van der Waals surface area contributed by atoms with E-state index in [1.807, 2.05) is 6.07 Å². The van der Waals surface area contributed by atoms with E-state index in [2.05, 4.69) is 15.6 Å². The molecule has 126 valence electrons. The molecular weight excluding hydrogens is 311 g/mol. The van der Waals surface area contributed by atoms with Crippen LogP contribution in [-0.2, 0) is 0 Å². The Morgan fingerprint density at radius 3 is 2.96 bits per heavy atom. The third-order valence-corrected chi connectivity index (χ3v) is 3.78. The summed E-state index contributed by atoms with van der Waals surface area (Å²) in [7, 11) is 0. The van der Waals surface area contributed by atoms with Gasteiger partial charge in [-0.2, -0.15) is 0 Å². The first-order chi connectivity index (χ1) is 11.7. The summed E-state index contributed by atoms with van der Waals surface area (Å²) in [5.41, 5.74) is 0.562. The summed E-state index contributed by atoms with van der Waals surface area (Å²) in [6.45, 7) is 2.32. The smallest absolute Gasteiger partial charge is 0.322 e. The molecule has 1 fully saturated rings. The van der Waals surface area contributed by atoms with Gasteiger partial charge in [0.15, 0.2) is 0 Å². The normalized spacial score (nSPS) is 17.4. The molecule has 1 saturated heterocycles. The topological polar surface area (TPSA) is 66.5 Å². The molecule has 2 aromatic rings. The number of halogens is 1. The minimum Gasteiger partial charge on any atom is -0.490 e. The fraction of sp³-hybridized carbons (Fsp3) is 0.294. The van der Waals surface area contributed by atoms with Gasteiger partial charge in [-0.3, -0.25) is 4.98 Å². The van der Waals surface area contributed by atoms with Crippen molar-refractivity contribution in [3.63, 3.8) is 0 Å². The molecule has 1 aromatic heterocycles. The number of carbonyl (C=O) groups excluding carboxylic acids is 1. The predicted octanol–water partition coefficient (Wildman–Crippen LogP) is 2.11. The second-order valence-corrected chi connectivity index (χ2v) is 5.49. The van der Waals surface area contributed by atoms with Gasteiger partial charge < -0.3 is 20.3 Å². The molecule has 1 aromatic carbocycles. The molecule has 6 nitrogen and oxygen atoms in total. The highest BCUT2D eigenvalue weighted by Gasteiger charge is 2.27. The molecule has 24 heavy (non-hydrogen) atoms. The number of aromatic nitrogens is 1. The highest BCUT2D eigenvalue weighted by molar-refractivity contribution is 5.89. The number of pyridine rings is 1. The van der Waals surface area contributed by atoms with E-state index in [-0.39, 0.29) is 17.9 Å². The van der Waals surface area contributed by atoms with Gasteiger partial charge in [-0.15, -0.1) is 0 Å². The van der Waals surface area contributed by atoms with Crippen LogP contribution < -0.4 is 15.4 Å². The van der Waals surface area contributed by atoms with Crippen molar-refractivity contribution >= 4 is 11.7 Å². The van der Waals surface area contributed by atoms with E-state index >= 15 is 0 Å². The van der Waals surface area contributed by atoms with Crippen LogP contribution >= 0.6 is 0 Å². The van der Waals surface area contributed by atoms with E-state index in [0.29, 0.717) is 31.1 Å². The summed E-state index contributed by atoms with van der Waals surface area (Å²) in [6, 6.07) is 9.02.